The Kier molecular flexibility index (Phi) is 3.68. The van der Waals surface area contributed by atoms with Crippen molar-refractivity contribution in [2.24, 2.45) is 0 Å². The highest BCUT2D eigenvalue weighted by atomic mass is 79.9. The molecule has 5 heteroatoms. The Morgan fingerprint density at radius 1 is 1.44 bits per heavy atom. The topological polar surface area (TPSA) is 33.1 Å². The molecule has 2 rings (SSSR count). The minimum atomic E-state index is -0.271. The Bertz CT molecular complexity index is 500. The fraction of sp³-hybridized carbons (Fsp3) is 0.182. The molecule has 0 spiro atoms. The Balaban J connectivity index is 2.37. The van der Waals surface area contributed by atoms with E-state index in [4.69, 9.17) is 5.11 Å². The van der Waals surface area contributed by atoms with E-state index < -0.39 is 0 Å². The SMILES string of the molecule is OCCc1nc(-c2cccc(F)c2)sc1Br. The zero-order valence-corrected chi connectivity index (χ0v) is 10.7. The van der Waals surface area contributed by atoms with Crippen molar-refractivity contribution >= 4 is 27.3 Å². The monoisotopic (exact) mass is 301 g/mol. The van der Waals surface area contributed by atoms with Crippen LogP contribution >= 0.6 is 27.3 Å². The molecule has 0 saturated heterocycles. The number of halogens is 2. The lowest BCUT2D eigenvalue weighted by Crippen LogP contribution is -1.91. The molecule has 1 aromatic heterocycles. The standard InChI is InChI=1S/C11H9BrFNOS/c12-10-9(4-5-15)14-11(16-10)7-2-1-3-8(13)6-7/h1-3,6,15H,4-5H2. The van der Waals surface area contributed by atoms with Crippen LogP contribution in [0.4, 0.5) is 4.39 Å². The number of hydrogen-bond acceptors (Lipinski definition) is 3. The predicted molar refractivity (Wildman–Crippen MR) is 66.0 cm³/mol. The fourth-order valence-electron chi connectivity index (χ4n) is 1.34. The van der Waals surface area contributed by atoms with Gasteiger partial charge in [-0.1, -0.05) is 12.1 Å². The number of nitrogens with zero attached hydrogens (tertiary/aromatic N) is 1. The molecular weight excluding hydrogens is 293 g/mol. The summed E-state index contributed by atoms with van der Waals surface area (Å²) in [5.74, 6) is -0.271. The summed E-state index contributed by atoms with van der Waals surface area (Å²) in [6.07, 6.45) is 0.506. The van der Waals surface area contributed by atoms with Crippen molar-refractivity contribution in [3.8, 4) is 10.6 Å². The number of aromatic nitrogens is 1. The number of rotatable bonds is 3. The van der Waals surface area contributed by atoms with Crippen molar-refractivity contribution in [3.05, 3.63) is 39.6 Å². The first-order chi connectivity index (χ1) is 7.70. The second kappa shape index (κ2) is 5.03. The molecule has 0 aliphatic rings. The number of thiazole rings is 1. The highest BCUT2D eigenvalue weighted by molar-refractivity contribution is 9.11. The summed E-state index contributed by atoms with van der Waals surface area (Å²) in [5.41, 5.74) is 1.57. The minimum Gasteiger partial charge on any atom is -0.396 e. The van der Waals surface area contributed by atoms with Gasteiger partial charge in [-0.25, -0.2) is 9.37 Å². The van der Waals surface area contributed by atoms with Crippen LogP contribution in [0.2, 0.25) is 0 Å². The molecule has 0 fully saturated rings. The van der Waals surface area contributed by atoms with Crippen molar-refractivity contribution in [2.75, 3.05) is 6.61 Å². The minimum absolute atomic E-state index is 0.0604. The largest absolute Gasteiger partial charge is 0.396 e. The lowest BCUT2D eigenvalue weighted by molar-refractivity contribution is 0.298. The van der Waals surface area contributed by atoms with Gasteiger partial charge >= 0.3 is 0 Å². The van der Waals surface area contributed by atoms with Gasteiger partial charge in [-0.15, -0.1) is 11.3 Å². The van der Waals surface area contributed by atoms with Gasteiger partial charge < -0.3 is 5.11 Å². The molecule has 0 saturated carbocycles. The van der Waals surface area contributed by atoms with Gasteiger partial charge in [0.15, 0.2) is 0 Å². The molecule has 0 aliphatic carbocycles. The van der Waals surface area contributed by atoms with Crippen molar-refractivity contribution in [2.45, 2.75) is 6.42 Å². The summed E-state index contributed by atoms with van der Waals surface area (Å²) in [6.45, 7) is 0.0604. The van der Waals surface area contributed by atoms with Gasteiger partial charge in [-0.2, -0.15) is 0 Å². The molecule has 0 radical (unpaired) electrons. The maximum atomic E-state index is 13.0. The maximum Gasteiger partial charge on any atom is 0.124 e. The van der Waals surface area contributed by atoms with E-state index in [-0.39, 0.29) is 12.4 Å². The molecular formula is C11H9BrFNOS. The Morgan fingerprint density at radius 2 is 2.25 bits per heavy atom. The van der Waals surface area contributed by atoms with Crippen LogP contribution in [0.1, 0.15) is 5.69 Å². The molecule has 0 bridgehead atoms. The average Bonchev–Trinajstić information content (AvgIpc) is 2.61. The van der Waals surface area contributed by atoms with E-state index in [1.807, 2.05) is 6.07 Å². The molecule has 1 aromatic carbocycles. The lowest BCUT2D eigenvalue weighted by atomic mass is 10.2. The van der Waals surface area contributed by atoms with Gasteiger partial charge in [-0.05, 0) is 28.1 Å². The Morgan fingerprint density at radius 3 is 2.94 bits per heavy atom. The van der Waals surface area contributed by atoms with E-state index in [9.17, 15) is 4.39 Å². The second-order valence-corrected chi connectivity index (χ2v) is 5.54. The van der Waals surface area contributed by atoms with Crippen LogP contribution in [-0.2, 0) is 6.42 Å². The number of benzene rings is 1. The molecule has 1 heterocycles. The third-order valence-corrected chi connectivity index (χ3v) is 3.95. The van der Waals surface area contributed by atoms with E-state index in [1.54, 1.807) is 6.07 Å². The van der Waals surface area contributed by atoms with Gasteiger partial charge in [0, 0.05) is 18.6 Å². The van der Waals surface area contributed by atoms with E-state index in [1.165, 1.54) is 23.5 Å². The quantitative estimate of drug-likeness (QED) is 0.944. The van der Waals surface area contributed by atoms with Crippen LogP contribution < -0.4 is 0 Å². The molecule has 0 unspecified atom stereocenters. The summed E-state index contributed by atoms with van der Waals surface area (Å²) in [7, 11) is 0. The third-order valence-electron chi connectivity index (χ3n) is 2.07. The predicted octanol–water partition coefficient (Wildman–Crippen LogP) is 3.25. The van der Waals surface area contributed by atoms with Gasteiger partial charge in [0.1, 0.15) is 10.8 Å². The number of aliphatic hydroxyl groups excluding tert-OH is 1. The number of aliphatic hydroxyl groups is 1. The van der Waals surface area contributed by atoms with Crippen molar-refractivity contribution in [1.29, 1.82) is 0 Å². The smallest absolute Gasteiger partial charge is 0.124 e. The van der Waals surface area contributed by atoms with Crippen LogP contribution in [-0.4, -0.2) is 16.7 Å². The van der Waals surface area contributed by atoms with Crippen LogP contribution in [0.3, 0.4) is 0 Å². The summed E-state index contributed by atoms with van der Waals surface area (Å²) in [4.78, 5) is 4.36. The van der Waals surface area contributed by atoms with Crippen molar-refractivity contribution < 1.29 is 9.50 Å². The molecule has 1 N–H and O–H groups in total. The maximum absolute atomic E-state index is 13.0. The van der Waals surface area contributed by atoms with Crippen LogP contribution in [0.25, 0.3) is 10.6 Å². The first kappa shape index (κ1) is 11.7. The summed E-state index contributed by atoms with van der Waals surface area (Å²) >= 11 is 4.83. The number of hydrogen-bond donors (Lipinski definition) is 1. The van der Waals surface area contributed by atoms with Gasteiger partial charge in [-0.3, -0.25) is 0 Å². The van der Waals surface area contributed by atoms with E-state index >= 15 is 0 Å². The molecule has 2 aromatic rings. The third kappa shape index (κ3) is 2.48. The average molecular weight is 302 g/mol. The molecule has 16 heavy (non-hydrogen) atoms. The highest BCUT2D eigenvalue weighted by Crippen LogP contribution is 2.32. The van der Waals surface area contributed by atoms with E-state index in [0.717, 1.165) is 20.1 Å². The first-order valence-corrected chi connectivity index (χ1v) is 6.33. The molecule has 0 aliphatic heterocycles. The zero-order valence-electron chi connectivity index (χ0n) is 8.28. The summed E-state index contributed by atoms with van der Waals surface area (Å²) in [6, 6.07) is 6.33. The first-order valence-electron chi connectivity index (χ1n) is 4.72. The van der Waals surface area contributed by atoms with Gasteiger partial charge in [0.05, 0.1) is 9.48 Å². The molecule has 2 nitrogen and oxygen atoms in total. The van der Waals surface area contributed by atoms with Crippen LogP contribution in [0, 0.1) is 5.82 Å². The zero-order chi connectivity index (χ0) is 11.5. The fourth-order valence-corrected chi connectivity index (χ4v) is 2.92. The summed E-state index contributed by atoms with van der Waals surface area (Å²) < 4.78 is 13.9. The molecule has 0 amide bonds. The van der Waals surface area contributed by atoms with Crippen molar-refractivity contribution in [1.82, 2.24) is 4.98 Å². The summed E-state index contributed by atoms with van der Waals surface area (Å²) in [5, 5.41) is 9.61. The molecule has 84 valence electrons. The lowest BCUT2D eigenvalue weighted by Gasteiger charge is -1.95. The van der Waals surface area contributed by atoms with Crippen LogP contribution in [0.5, 0.6) is 0 Å². The normalized spacial score (nSPS) is 10.7. The Labute approximate surface area is 105 Å². The molecule has 0 atom stereocenters. The van der Waals surface area contributed by atoms with Crippen LogP contribution in [0.15, 0.2) is 28.1 Å². The van der Waals surface area contributed by atoms with E-state index in [0.29, 0.717) is 6.42 Å². The second-order valence-electron chi connectivity index (χ2n) is 3.22. The van der Waals surface area contributed by atoms with Gasteiger partial charge in [0.25, 0.3) is 0 Å². The van der Waals surface area contributed by atoms with Crippen molar-refractivity contribution in [3.63, 3.8) is 0 Å². The Hall–Kier alpha value is -0.780. The van der Waals surface area contributed by atoms with E-state index in [2.05, 4.69) is 20.9 Å². The van der Waals surface area contributed by atoms with Gasteiger partial charge in [0.2, 0.25) is 0 Å². The highest BCUT2D eigenvalue weighted by Gasteiger charge is 2.10.